The predicted octanol–water partition coefficient (Wildman–Crippen LogP) is 2.01. The molecule has 1 amide bonds. The van der Waals surface area contributed by atoms with Crippen LogP contribution in [0.25, 0.3) is 11.0 Å². The number of hydrogen-bond donors (Lipinski definition) is 1. The first-order valence-electron chi connectivity index (χ1n) is 9.79. The van der Waals surface area contributed by atoms with E-state index in [1.165, 1.54) is 42.9 Å². The number of anilines is 2. The van der Waals surface area contributed by atoms with Crippen molar-refractivity contribution in [3.63, 3.8) is 0 Å². The number of amides is 1. The lowest BCUT2D eigenvalue weighted by atomic mass is 10.1. The van der Waals surface area contributed by atoms with Crippen LogP contribution in [0.4, 0.5) is 15.8 Å². The summed E-state index contributed by atoms with van der Waals surface area (Å²) in [6.45, 7) is 1.68. The molecule has 1 aliphatic heterocycles. The van der Waals surface area contributed by atoms with Gasteiger partial charge in [0.05, 0.1) is 16.8 Å². The summed E-state index contributed by atoms with van der Waals surface area (Å²) < 4.78 is 16.1. The number of carbonyl (C=O) groups excluding carboxylic acids is 1. The van der Waals surface area contributed by atoms with Crippen molar-refractivity contribution in [1.82, 2.24) is 14.1 Å². The van der Waals surface area contributed by atoms with Crippen LogP contribution in [0.1, 0.15) is 29.8 Å². The molecule has 9 heteroatoms. The second-order valence-corrected chi connectivity index (χ2v) is 7.44. The molecule has 0 aliphatic carbocycles. The summed E-state index contributed by atoms with van der Waals surface area (Å²) in [6.07, 6.45) is 3.23. The van der Waals surface area contributed by atoms with Gasteiger partial charge in [0.25, 0.3) is 11.5 Å². The van der Waals surface area contributed by atoms with Crippen LogP contribution in [0.2, 0.25) is 0 Å². The number of carbonyl (C=O) groups is 1. The van der Waals surface area contributed by atoms with Gasteiger partial charge in [0, 0.05) is 27.2 Å². The molecule has 4 rings (SSSR count). The van der Waals surface area contributed by atoms with E-state index in [0.29, 0.717) is 5.69 Å². The molecule has 0 bridgehead atoms. The van der Waals surface area contributed by atoms with Crippen molar-refractivity contribution in [3.05, 3.63) is 62.7 Å². The van der Waals surface area contributed by atoms with Crippen molar-refractivity contribution in [2.45, 2.75) is 19.3 Å². The zero-order valence-electron chi connectivity index (χ0n) is 16.8. The maximum Gasteiger partial charge on any atom is 0.332 e. The van der Waals surface area contributed by atoms with Crippen LogP contribution in [0.5, 0.6) is 0 Å². The number of fused-ring (bicyclic) bond motifs is 1. The molecule has 3 heterocycles. The van der Waals surface area contributed by atoms with E-state index in [1.807, 2.05) is 0 Å². The minimum atomic E-state index is -0.547. The Labute approximate surface area is 171 Å². The highest BCUT2D eigenvalue weighted by Crippen LogP contribution is 2.29. The maximum absolute atomic E-state index is 13.9. The molecule has 0 unspecified atom stereocenters. The normalized spacial score (nSPS) is 14.2. The van der Waals surface area contributed by atoms with Gasteiger partial charge in [0.2, 0.25) is 0 Å². The van der Waals surface area contributed by atoms with Crippen LogP contribution < -0.4 is 21.5 Å². The van der Waals surface area contributed by atoms with E-state index in [9.17, 15) is 18.8 Å². The van der Waals surface area contributed by atoms with Gasteiger partial charge in [0.15, 0.2) is 0 Å². The molecule has 1 aromatic carbocycles. The average molecular weight is 411 g/mol. The molecule has 1 fully saturated rings. The summed E-state index contributed by atoms with van der Waals surface area (Å²) in [7, 11) is 2.87. The molecule has 1 aliphatic rings. The number of rotatable bonds is 3. The lowest BCUT2D eigenvalue weighted by Crippen LogP contribution is -2.37. The Hall–Kier alpha value is -3.49. The fourth-order valence-electron chi connectivity index (χ4n) is 3.79. The monoisotopic (exact) mass is 411 g/mol. The van der Waals surface area contributed by atoms with Crippen LogP contribution in [0.15, 0.2) is 39.9 Å². The van der Waals surface area contributed by atoms with Crippen LogP contribution in [-0.4, -0.2) is 33.1 Å². The number of hydrogen-bond acceptors (Lipinski definition) is 5. The fraction of sp³-hybridized carbons (Fsp3) is 0.333. The number of pyridine rings is 1. The summed E-state index contributed by atoms with van der Waals surface area (Å²) >= 11 is 0. The number of nitrogens with one attached hydrogen (secondary N) is 1. The molecule has 2 aromatic heterocycles. The van der Waals surface area contributed by atoms with Crippen molar-refractivity contribution in [3.8, 4) is 0 Å². The summed E-state index contributed by atoms with van der Waals surface area (Å²) in [4.78, 5) is 43.7. The largest absolute Gasteiger partial charge is 0.370 e. The maximum atomic E-state index is 13.9. The number of nitrogens with zero attached hydrogens (tertiary/aromatic N) is 4. The molecule has 30 heavy (non-hydrogen) atoms. The van der Waals surface area contributed by atoms with E-state index >= 15 is 0 Å². The van der Waals surface area contributed by atoms with E-state index < -0.39 is 23.0 Å². The average Bonchev–Trinajstić information content (AvgIpc) is 2.76. The zero-order chi connectivity index (χ0) is 21.4. The van der Waals surface area contributed by atoms with Crippen LogP contribution in [-0.2, 0) is 14.1 Å². The van der Waals surface area contributed by atoms with Gasteiger partial charge in [-0.15, -0.1) is 0 Å². The van der Waals surface area contributed by atoms with Crippen molar-refractivity contribution >= 4 is 28.3 Å². The summed E-state index contributed by atoms with van der Waals surface area (Å²) in [5.74, 6) is -1.00. The molecular formula is C21H22FN5O3. The van der Waals surface area contributed by atoms with Crippen LogP contribution in [0.3, 0.4) is 0 Å². The third-order valence-electron chi connectivity index (χ3n) is 5.44. The Morgan fingerprint density at radius 3 is 2.50 bits per heavy atom. The van der Waals surface area contributed by atoms with Gasteiger partial charge >= 0.3 is 5.69 Å². The molecule has 8 nitrogen and oxygen atoms in total. The Kier molecular flexibility index (Phi) is 5.11. The number of halogens is 1. The first-order chi connectivity index (χ1) is 14.4. The van der Waals surface area contributed by atoms with E-state index in [2.05, 4.69) is 15.2 Å². The molecule has 1 N–H and O–H groups in total. The van der Waals surface area contributed by atoms with E-state index in [1.54, 1.807) is 6.07 Å². The smallest absolute Gasteiger partial charge is 0.332 e. The highest BCUT2D eigenvalue weighted by Gasteiger charge is 2.19. The van der Waals surface area contributed by atoms with Gasteiger partial charge in [-0.25, -0.2) is 14.2 Å². The third kappa shape index (κ3) is 3.47. The van der Waals surface area contributed by atoms with Crippen molar-refractivity contribution in [2.75, 3.05) is 23.3 Å². The molecule has 0 saturated carbocycles. The molecule has 156 valence electrons. The highest BCUT2D eigenvalue weighted by molar-refractivity contribution is 6.05. The second-order valence-electron chi connectivity index (χ2n) is 7.44. The van der Waals surface area contributed by atoms with E-state index in [-0.39, 0.29) is 16.7 Å². The summed E-state index contributed by atoms with van der Waals surface area (Å²) in [6, 6.07) is 7.21. The fourth-order valence-corrected chi connectivity index (χ4v) is 3.79. The van der Waals surface area contributed by atoms with Gasteiger partial charge in [0.1, 0.15) is 17.2 Å². The van der Waals surface area contributed by atoms with Gasteiger partial charge in [-0.1, -0.05) is 0 Å². The molecule has 0 spiro atoms. The minimum Gasteiger partial charge on any atom is -0.370 e. The number of aryl methyl sites for hydroxylation is 1. The Morgan fingerprint density at radius 1 is 1.03 bits per heavy atom. The SMILES string of the molecule is Cn1c(=O)c2ccc(C(=O)Nc3cc(F)ccc3N3CCCCC3)nc2n(C)c1=O. The van der Waals surface area contributed by atoms with Gasteiger partial charge in [-0.05, 0) is 49.6 Å². The molecule has 0 atom stereocenters. The number of benzene rings is 1. The van der Waals surface area contributed by atoms with Crippen molar-refractivity contribution in [1.29, 1.82) is 0 Å². The zero-order valence-corrected chi connectivity index (χ0v) is 16.8. The van der Waals surface area contributed by atoms with Gasteiger partial charge in [-0.2, -0.15) is 0 Å². The molecule has 3 aromatic rings. The van der Waals surface area contributed by atoms with E-state index in [4.69, 9.17) is 0 Å². The van der Waals surface area contributed by atoms with Gasteiger partial charge in [-0.3, -0.25) is 18.7 Å². The Bertz CT molecular complexity index is 1260. The quantitative estimate of drug-likeness (QED) is 0.712. The summed E-state index contributed by atoms with van der Waals surface area (Å²) in [5, 5.41) is 2.97. The second kappa shape index (κ2) is 7.74. The van der Waals surface area contributed by atoms with E-state index in [0.717, 1.165) is 42.6 Å². The van der Waals surface area contributed by atoms with Crippen molar-refractivity contribution < 1.29 is 9.18 Å². The topological polar surface area (TPSA) is 89.2 Å². The highest BCUT2D eigenvalue weighted by atomic mass is 19.1. The van der Waals surface area contributed by atoms with Crippen LogP contribution >= 0.6 is 0 Å². The van der Waals surface area contributed by atoms with Crippen LogP contribution in [0, 0.1) is 5.82 Å². The third-order valence-corrected chi connectivity index (χ3v) is 5.44. The lowest BCUT2D eigenvalue weighted by Gasteiger charge is -2.30. The lowest BCUT2D eigenvalue weighted by molar-refractivity contribution is 0.102. The summed E-state index contributed by atoms with van der Waals surface area (Å²) in [5.41, 5.74) is 0.249. The standard InChI is InChI=1S/C21H22FN5O3/c1-25-18-14(20(29)26(2)21(25)30)7-8-15(23-18)19(28)24-16-12-13(22)6-9-17(16)27-10-4-3-5-11-27/h6-9,12H,3-5,10-11H2,1-2H3,(H,24,28). The van der Waals surface area contributed by atoms with Gasteiger partial charge < -0.3 is 10.2 Å². The molecular weight excluding hydrogens is 389 g/mol. The Morgan fingerprint density at radius 2 is 1.77 bits per heavy atom. The predicted molar refractivity (Wildman–Crippen MR) is 113 cm³/mol. The number of aromatic nitrogens is 3. The van der Waals surface area contributed by atoms with Crippen molar-refractivity contribution in [2.24, 2.45) is 14.1 Å². The number of piperidine rings is 1. The first-order valence-corrected chi connectivity index (χ1v) is 9.79. The minimum absolute atomic E-state index is 0.0274. The first kappa shape index (κ1) is 19.8. The molecule has 0 radical (unpaired) electrons. The molecule has 1 saturated heterocycles. The Balaban J connectivity index is 1.71.